The molecule has 34 heavy (non-hydrogen) atoms. The maximum Gasteiger partial charge on any atom is 0.223 e. The van der Waals surface area contributed by atoms with Crippen LogP contribution in [0.1, 0.15) is 42.4 Å². The second-order valence-electron chi connectivity index (χ2n) is 8.68. The Morgan fingerprint density at radius 2 is 1.85 bits per heavy atom. The van der Waals surface area contributed by atoms with Gasteiger partial charge in [-0.25, -0.2) is 0 Å². The molecule has 4 rings (SSSR count). The molecular weight excluding hydrogens is 539 g/mol. The second kappa shape index (κ2) is 12.6. The average molecular weight is 572 g/mol. The number of carbonyl (C=O) groups excluding carboxylic acids is 1. The number of halogens is 1. The fourth-order valence-electron chi connectivity index (χ4n) is 4.66. The van der Waals surface area contributed by atoms with Crippen molar-refractivity contribution in [3.05, 3.63) is 65.2 Å². The molecule has 0 radical (unpaired) electrons. The number of nitrogens with one attached hydrogen (secondary N) is 2. The predicted molar refractivity (Wildman–Crippen MR) is 146 cm³/mol. The molecule has 0 aliphatic carbocycles. The van der Waals surface area contributed by atoms with Gasteiger partial charge in [0.15, 0.2) is 5.96 Å². The van der Waals surface area contributed by atoms with E-state index >= 15 is 0 Å². The van der Waals surface area contributed by atoms with Gasteiger partial charge in [-0.1, -0.05) is 36.4 Å². The van der Waals surface area contributed by atoms with Crippen molar-refractivity contribution < 1.29 is 4.79 Å². The number of hydrogen-bond donors (Lipinski definition) is 2. The highest BCUT2D eigenvalue weighted by molar-refractivity contribution is 14.0. The molecule has 1 fully saturated rings. The number of hydrogen-bond acceptors (Lipinski definition) is 4. The van der Waals surface area contributed by atoms with E-state index < -0.39 is 0 Å². The Kier molecular flexibility index (Phi) is 9.57. The number of para-hydroxylation sites is 1. The Balaban J connectivity index is 0.00000324. The predicted octanol–water partition coefficient (Wildman–Crippen LogP) is 3.63. The van der Waals surface area contributed by atoms with E-state index in [1.165, 1.54) is 11.1 Å². The van der Waals surface area contributed by atoms with Gasteiger partial charge >= 0.3 is 0 Å². The Morgan fingerprint density at radius 3 is 2.56 bits per heavy atom. The molecule has 2 aromatic carbocycles. The van der Waals surface area contributed by atoms with Gasteiger partial charge in [-0.2, -0.15) is 5.26 Å². The molecule has 0 saturated carbocycles. The fraction of sp³-hybridized carbons (Fsp3) is 0.423. The molecule has 8 heteroatoms. The van der Waals surface area contributed by atoms with Gasteiger partial charge in [-0.05, 0) is 42.5 Å². The molecule has 1 saturated heterocycles. The van der Waals surface area contributed by atoms with Gasteiger partial charge in [-0.15, -0.1) is 24.0 Å². The summed E-state index contributed by atoms with van der Waals surface area (Å²) in [6.07, 6.45) is 3.40. The molecule has 1 atom stereocenters. The Labute approximate surface area is 219 Å². The topological polar surface area (TPSA) is 83.8 Å². The van der Waals surface area contributed by atoms with Gasteiger partial charge in [0.25, 0.3) is 0 Å². The molecule has 2 N–H and O–H groups in total. The number of aliphatic imine (C=N–C) groups is 1. The zero-order chi connectivity index (χ0) is 23.0. The molecule has 2 aliphatic rings. The van der Waals surface area contributed by atoms with E-state index in [0.717, 1.165) is 57.1 Å². The largest absolute Gasteiger partial charge is 0.368 e. The summed E-state index contributed by atoms with van der Waals surface area (Å²) in [7, 11) is 1.77. The molecule has 180 valence electrons. The van der Waals surface area contributed by atoms with Crippen LogP contribution in [-0.4, -0.2) is 49.5 Å². The number of piperidine rings is 1. The number of guanidine groups is 1. The maximum atomic E-state index is 12.6. The Hall–Kier alpha value is -2.80. The smallest absolute Gasteiger partial charge is 0.223 e. The minimum atomic E-state index is 0. The highest BCUT2D eigenvalue weighted by atomic mass is 127. The molecule has 0 aromatic heterocycles. The number of carbonyl (C=O) groups is 1. The highest BCUT2D eigenvalue weighted by Crippen LogP contribution is 2.24. The molecule has 1 unspecified atom stereocenters. The number of anilines is 1. The summed E-state index contributed by atoms with van der Waals surface area (Å²) in [5.41, 5.74) is 4.23. The first-order chi connectivity index (χ1) is 16.2. The zero-order valence-corrected chi connectivity index (χ0v) is 22.0. The number of amides is 1. The van der Waals surface area contributed by atoms with Gasteiger partial charge < -0.3 is 20.4 Å². The van der Waals surface area contributed by atoms with Crippen molar-refractivity contribution in [1.29, 1.82) is 5.26 Å². The van der Waals surface area contributed by atoms with Gasteiger partial charge in [0, 0.05) is 52.2 Å². The van der Waals surface area contributed by atoms with Crippen molar-refractivity contribution >= 4 is 41.5 Å². The van der Waals surface area contributed by atoms with Crippen LogP contribution in [0.4, 0.5) is 5.69 Å². The van der Waals surface area contributed by atoms with Gasteiger partial charge in [0.05, 0.1) is 11.3 Å². The summed E-state index contributed by atoms with van der Waals surface area (Å²) < 4.78 is 0. The summed E-state index contributed by atoms with van der Waals surface area (Å²) >= 11 is 0. The van der Waals surface area contributed by atoms with Crippen LogP contribution in [0.5, 0.6) is 0 Å². The lowest BCUT2D eigenvalue weighted by molar-refractivity contribution is -0.131. The first-order valence-electron chi connectivity index (χ1n) is 11.7. The van der Waals surface area contributed by atoms with E-state index in [4.69, 9.17) is 0 Å². The van der Waals surface area contributed by atoms with E-state index in [1.807, 2.05) is 41.3 Å². The van der Waals surface area contributed by atoms with E-state index in [9.17, 15) is 10.1 Å². The number of benzene rings is 2. The quantitative estimate of drug-likeness (QED) is 0.239. The van der Waals surface area contributed by atoms with Crippen molar-refractivity contribution in [3.8, 4) is 6.07 Å². The van der Waals surface area contributed by atoms with E-state index in [2.05, 4.69) is 38.7 Å². The third-order valence-electron chi connectivity index (χ3n) is 6.40. The van der Waals surface area contributed by atoms with Gasteiger partial charge in [0.1, 0.15) is 6.07 Å². The van der Waals surface area contributed by atoms with Crippen molar-refractivity contribution in [2.24, 2.45) is 4.99 Å². The van der Waals surface area contributed by atoms with E-state index in [1.54, 1.807) is 7.05 Å². The molecule has 2 aliphatic heterocycles. The van der Waals surface area contributed by atoms with Crippen LogP contribution in [-0.2, 0) is 17.9 Å². The van der Waals surface area contributed by atoms with Crippen LogP contribution >= 0.6 is 24.0 Å². The number of fused-ring (bicyclic) bond motifs is 1. The first kappa shape index (κ1) is 25.8. The van der Waals surface area contributed by atoms with E-state index in [0.29, 0.717) is 18.5 Å². The van der Waals surface area contributed by atoms with Crippen molar-refractivity contribution in [2.45, 2.75) is 44.8 Å². The maximum absolute atomic E-state index is 12.6. The summed E-state index contributed by atoms with van der Waals surface area (Å²) in [6, 6.07) is 18.6. The average Bonchev–Trinajstić information content (AvgIpc) is 3.30. The lowest BCUT2D eigenvalue weighted by Gasteiger charge is -2.35. The monoisotopic (exact) mass is 572 g/mol. The fourth-order valence-corrected chi connectivity index (χ4v) is 4.66. The van der Waals surface area contributed by atoms with Crippen LogP contribution < -0.4 is 15.5 Å². The zero-order valence-electron chi connectivity index (χ0n) is 19.7. The van der Waals surface area contributed by atoms with E-state index in [-0.39, 0.29) is 35.9 Å². The molecule has 2 aromatic rings. The summed E-state index contributed by atoms with van der Waals surface area (Å²) in [5.74, 6) is 0.964. The normalized spacial score (nSPS) is 17.4. The molecule has 2 heterocycles. The third kappa shape index (κ3) is 6.41. The first-order valence-corrected chi connectivity index (χ1v) is 11.7. The van der Waals surface area contributed by atoms with Gasteiger partial charge in [0.2, 0.25) is 5.91 Å². The van der Waals surface area contributed by atoms with Crippen LogP contribution in [0, 0.1) is 11.3 Å². The lowest BCUT2D eigenvalue weighted by Crippen LogP contribution is -2.51. The standard InChI is InChI=1S/C26H32N6O.HI/c1-28-26(29-14-6-13-25(33)32-17-21-9-2-3-10-22(21)18-32)30-23-11-7-15-31(19-23)24-12-5-4-8-20(24)16-27;/h2-5,8-10,12,23H,6-7,11,13-15,17-19H2,1H3,(H2,28,29,30);1H. The Bertz CT molecular complexity index is 1020. The summed E-state index contributed by atoms with van der Waals surface area (Å²) in [5, 5.41) is 16.3. The molecule has 1 amide bonds. The SMILES string of the molecule is CN=C(NCCCC(=O)N1Cc2ccccc2C1)NC1CCCN(c2ccccc2C#N)C1.I. The number of nitrogens with zero attached hydrogens (tertiary/aromatic N) is 4. The van der Waals surface area contributed by atoms with Crippen molar-refractivity contribution in [1.82, 2.24) is 15.5 Å². The second-order valence-corrected chi connectivity index (χ2v) is 8.68. The molecule has 0 bridgehead atoms. The molecule has 7 nitrogen and oxygen atoms in total. The number of nitriles is 1. The van der Waals surface area contributed by atoms with Gasteiger partial charge in [-0.3, -0.25) is 9.79 Å². The van der Waals surface area contributed by atoms with Crippen molar-refractivity contribution in [2.75, 3.05) is 31.6 Å². The summed E-state index contributed by atoms with van der Waals surface area (Å²) in [6.45, 7) is 3.91. The Morgan fingerprint density at radius 1 is 1.15 bits per heavy atom. The van der Waals surface area contributed by atoms with Crippen molar-refractivity contribution in [3.63, 3.8) is 0 Å². The number of rotatable bonds is 6. The molecular formula is C26H33IN6O. The van der Waals surface area contributed by atoms with Crippen LogP contribution in [0.15, 0.2) is 53.5 Å². The molecule has 0 spiro atoms. The van der Waals surface area contributed by atoms with Crippen LogP contribution in [0.25, 0.3) is 0 Å². The van der Waals surface area contributed by atoms with Crippen LogP contribution in [0.2, 0.25) is 0 Å². The van der Waals surface area contributed by atoms with Crippen LogP contribution in [0.3, 0.4) is 0 Å². The lowest BCUT2D eigenvalue weighted by atomic mass is 10.0. The minimum absolute atomic E-state index is 0. The highest BCUT2D eigenvalue weighted by Gasteiger charge is 2.23. The third-order valence-corrected chi connectivity index (χ3v) is 6.40. The minimum Gasteiger partial charge on any atom is -0.368 e. The summed E-state index contributed by atoms with van der Waals surface area (Å²) in [4.78, 5) is 21.2.